The minimum atomic E-state index is 0. The zero-order valence-corrected chi connectivity index (χ0v) is 20.3. The summed E-state index contributed by atoms with van der Waals surface area (Å²) >= 11 is 1.73. The second-order valence-corrected chi connectivity index (χ2v) is 9.84. The van der Waals surface area contributed by atoms with Gasteiger partial charge in [0.1, 0.15) is 0 Å². The number of hydrogen-bond acceptors (Lipinski definition) is 5. The molecule has 29 heavy (non-hydrogen) atoms. The van der Waals surface area contributed by atoms with Gasteiger partial charge >= 0.3 is 0 Å². The molecular weight excluding hydrogens is 382 g/mol. The third-order valence-corrected chi connectivity index (χ3v) is 6.92. The van der Waals surface area contributed by atoms with E-state index in [-0.39, 0.29) is 13.3 Å². The van der Waals surface area contributed by atoms with E-state index in [9.17, 15) is 4.79 Å². The Labute approximate surface area is 184 Å². The van der Waals surface area contributed by atoms with Gasteiger partial charge in [-0.25, -0.2) is 0 Å². The van der Waals surface area contributed by atoms with Crippen molar-refractivity contribution in [2.24, 2.45) is 16.8 Å². The van der Waals surface area contributed by atoms with Crippen LogP contribution in [0.1, 0.15) is 48.9 Å². The summed E-state index contributed by atoms with van der Waals surface area (Å²) in [5, 5.41) is 4.80. The molecular formula is C22H45N5OS. The van der Waals surface area contributed by atoms with Gasteiger partial charge in [0.25, 0.3) is 0 Å². The number of amides is 1. The summed E-state index contributed by atoms with van der Waals surface area (Å²) in [6.45, 7) is 18.7. The average molecular weight is 428 g/mol. The molecule has 2 aliphatic heterocycles. The van der Waals surface area contributed by atoms with Crippen molar-refractivity contribution in [3.05, 3.63) is 0 Å². The number of thioether (sulfide) groups is 1. The van der Waals surface area contributed by atoms with Gasteiger partial charge in [0.2, 0.25) is 5.91 Å². The lowest BCUT2D eigenvalue weighted by Crippen LogP contribution is -2.54. The second kappa shape index (κ2) is 12.2. The van der Waals surface area contributed by atoms with Crippen LogP contribution in [0.3, 0.4) is 0 Å². The van der Waals surface area contributed by atoms with Crippen LogP contribution in [-0.2, 0) is 4.79 Å². The molecule has 0 saturated carbocycles. The number of aliphatic imine (C=N–C) groups is 1. The Morgan fingerprint density at radius 1 is 1.17 bits per heavy atom. The van der Waals surface area contributed by atoms with Gasteiger partial charge in [0.05, 0.1) is 6.54 Å². The highest BCUT2D eigenvalue weighted by Crippen LogP contribution is 2.17. The maximum atomic E-state index is 12.2. The summed E-state index contributed by atoms with van der Waals surface area (Å²) in [5.41, 5.74) is 0. The molecule has 2 saturated heterocycles. The van der Waals surface area contributed by atoms with Gasteiger partial charge < -0.3 is 10.2 Å². The van der Waals surface area contributed by atoms with Crippen LogP contribution in [-0.4, -0.2) is 96.5 Å². The molecule has 0 bridgehead atoms. The van der Waals surface area contributed by atoms with Gasteiger partial charge in [-0.1, -0.05) is 46.4 Å². The molecule has 7 heteroatoms. The van der Waals surface area contributed by atoms with Crippen LogP contribution in [0.4, 0.5) is 0 Å². The second-order valence-electron chi connectivity index (χ2n) is 9.05. The molecule has 1 amide bonds. The maximum Gasteiger partial charge on any atom is 0.225 e. The number of carbonyl (C=O) groups excluding carboxylic acids is 1. The lowest BCUT2D eigenvalue weighted by molar-refractivity contribution is -0.136. The SMILES string of the molecule is CCN1CCCC1CN=C(NC(CN1CCN(C(=O)C(C)C)CC1)C(C)C)SC.[HH]. The lowest BCUT2D eigenvalue weighted by atomic mass is 10.0. The van der Waals surface area contributed by atoms with E-state index in [1.807, 2.05) is 18.7 Å². The lowest BCUT2D eigenvalue weighted by Gasteiger charge is -2.38. The Morgan fingerprint density at radius 2 is 1.86 bits per heavy atom. The van der Waals surface area contributed by atoms with Crippen LogP contribution in [0, 0.1) is 11.8 Å². The number of nitrogens with one attached hydrogen (secondary N) is 1. The molecule has 2 atom stereocenters. The number of amidine groups is 1. The first-order valence-corrected chi connectivity index (χ1v) is 12.7. The highest BCUT2D eigenvalue weighted by atomic mass is 32.2. The number of nitrogens with zero attached hydrogens (tertiary/aromatic N) is 4. The fourth-order valence-electron chi connectivity index (χ4n) is 4.25. The van der Waals surface area contributed by atoms with Crippen molar-refractivity contribution in [2.45, 2.75) is 59.5 Å². The zero-order chi connectivity index (χ0) is 21.4. The number of likely N-dealkylation sites (N-methyl/N-ethyl adjacent to an activating group) is 1. The van der Waals surface area contributed by atoms with Crippen LogP contribution in [0.15, 0.2) is 4.99 Å². The zero-order valence-electron chi connectivity index (χ0n) is 19.5. The first-order chi connectivity index (χ1) is 13.8. The van der Waals surface area contributed by atoms with Crippen LogP contribution >= 0.6 is 11.8 Å². The van der Waals surface area contributed by atoms with Gasteiger partial charge in [-0.15, -0.1) is 0 Å². The molecule has 0 radical (unpaired) electrons. The van der Waals surface area contributed by atoms with Crippen molar-refractivity contribution in [1.29, 1.82) is 0 Å². The summed E-state index contributed by atoms with van der Waals surface area (Å²) in [5.74, 6) is 0.907. The summed E-state index contributed by atoms with van der Waals surface area (Å²) in [6.07, 6.45) is 4.69. The molecule has 2 heterocycles. The van der Waals surface area contributed by atoms with E-state index in [1.165, 1.54) is 19.4 Å². The van der Waals surface area contributed by atoms with Gasteiger partial charge in [-0.2, -0.15) is 0 Å². The maximum absolute atomic E-state index is 12.2. The highest BCUT2D eigenvalue weighted by molar-refractivity contribution is 8.13. The van der Waals surface area contributed by atoms with E-state index < -0.39 is 0 Å². The number of piperazine rings is 1. The number of likely N-dealkylation sites (tertiary alicyclic amines) is 1. The number of hydrogen-bond donors (Lipinski definition) is 1. The molecule has 0 aromatic heterocycles. The topological polar surface area (TPSA) is 51.2 Å². The molecule has 2 fully saturated rings. The van der Waals surface area contributed by atoms with Crippen LogP contribution in [0.5, 0.6) is 0 Å². The summed E-state index contributed by atoms with van der Waals surface area (Å²) in [7, 11) is 0. The first-order valence-electron chi connectivity index (χ1n) is 11.5. The predicted octanol–water partition coefficient (Wildman–Crippen LogP) is 2.85. The molecule has 2 rings (SSSR count). The molecule has 0 aliphatic carbocycles. The smallest absolute Gasteiger partial charge is 0.225 e. The van der Waals surface area contributed by atoms with E-state index in [0.29, 0.717) is 18.0 Å². The molecule has 0 spiro atoms. The van der Waals surface area contributed by atoms with Crippen LogP contribution < -0.4 is 5.32 Å². The molecule has 0 aromatic carbocycles. The Balaban J connectivity index is 0.00000450. The van der Waals surface area contributed by atoms with E-state index in [4.69, 9.17) is 4.99 Å². The third kappa shape index (κ3) is 7.44. The Kier molecular flexibility index (Phi) is 10.3. The van der Waals surface area contributed by atoms with E-state index in [2.05, 4.69) is 42.1 Å². The van der Waals surface area contributed by atoms with Crippen molar-refractivity contribution < 1.29 is 6.22 Å². The minimum absolute atomic E-state index is 0. The fourth-order valence-corrected chi connectivity index (χ4v) is 4.72. The molecule has 2 unspecified atom stereocenters. The predicted molar refractivity (Wildman–Crippen MR) is 128 cm³/mol. The van der Waals surface area contributed by atoms with Gasteiger partial charge in [0, 0.05) is 52.2 Å². The standard InChI is InChI=1S/C22H43N5OS.H2/c1-7-26-10-8-9-19(26)15-23-22(29-6)24-20(17(2)3)16-25-11-13-27(14-12-25)21(28)18(4)5;/h17-20H,7-16H2,1-6H3,(H,23,24);1H. The van der Waals surface area contributed by atoms with Crippen molar-refractivity contribution >= 4 is 22.8 Å². The third-order valence-electron chi connectivity index (χ3n) is 6.29. The molecule has 6 nitrogen and oxygen atoms in total. The fraction of sp³-hybridized carbons (Fsp3) is 0.909. The van der Waals surface area contributed by atoms with E-state index in [0.717, 1.165) is 51.0 Å². The van der Waals surface area contributed by atoms with Gasteiger partial charge in [0.15, 0.2) is 5.17 Å². The molecule has 170 valence electrons. The van der Waals surface area contributed by atoms with Crippen molar-refractivity contribution in [2.75, 3.05) is 58.6 Å². The minimum Gasteiger partial charge on any atom is -0.361 e. The van der Waals surface area contributed by atoms with Crippen molar-refractivity contribution in [1.82, 2.24) is 20.0 Å². The Bertz CT molecular complexity index is 538. The van der Waals surface area contributed by atoms with E-state index >= 15 is 0 Å². The van der Waals surface area contributed by atoms with Gasteiger partial charge in [-0.3, -0.25) is 19.6 Å². The monoisotopic (exact) mass is 427 g/mol. The summed E-state index contributed by atoms with van der Waals surface area (Å²) < 4.78 is 0. The Morgan fingerprint density at radius 3 is 2.41 bits per heavy atom. The number of carbonyl (C=O) groups is 1. The van der Waals surface area contributed by atoms with Crippen LogP contribution in [0.2, 0.25) is 0 Å². The average Bonchev–Trinajstić information content (AvgIpc) is 3.17. The first kappa shape index (κ1) is 24.5. The largest absolute Gasteiger partial charge is 0.361 e. The normalized spacial score (nSPS) is 23.2. The molecule has 1 N–H and O–H groups in total. The quantitative estimate of drug-likeness (QED) is 0.477. The van der Waals surface area contributed by atoms with Crippen LogP contribution in [0.25, 0.3) is 0 Å². The summed E-state index contributed by atoms with van der Waals surface area (Å²) in [6, 6.07) is 0.979. The van der Waals surface area contributed by atoms with Crippen molar-refractivity contribution in [3.63, 3.8) is 0 Å². The molecule has 2 aliphatic rings. The number of rotatable bonds is 8. The van der Waals surface area contributed by atoms with E-state index in [1.54, 1.807) is 11.8 Å². The van der Waals surface area contributed by atoms with Crippen molar-refractivity contribution in [3.8, 4) is 0 Å². The van der Waals surface area contributed by atoms with Gasteiger partial charge in [-0.05, 0) is 38.1 Å². The summed E-state index contributed by atoms with van der Waals surface area (Å²) in [4.78, 5) is 24.2. The highest BCUT2D eigenvalue weighted by Gasteiger charge is 2.26. The molecule has 0 aromatic rings. The Hall–Kier alpha value is -0.790.